The number of aliphatic imine (C=N–C) groups is 1. The van der Waals surface area contributed by atoms with E-state index in [1.165, 1.54) is 5.56 Å². The summed E-state index contributed by atoms with van der Waals surface area (Å²) in [6.07, 6.45) is 3.81. The summed E-state index contributed by atoms with van der Waals surface area (Å²) in [6.45, 7) is 8.16. The molecule has 0 aliphatic heterocycles. The van der Waals surface area contributed by atoms with Gasteiger partial charge in [-0.25, -0.2) is 0 Å². The van der Waals surface area contributed by atoms with Crippen molar-refractivity contribution in [3.63, 3.8) is 0 Å². The second-order valence-corrected chi connectivity index (χ2v) is 5.81. The van der Waals surface area contributed by atoms with Crippen molar-refractivity contribution in [3.05, 3.63) is 35.7 Å². The first-order chi connectivity index (χ1) is 12.7. The molecule has 2 aromatic rings. The van der Waals surface area contributed by atoms with Crippen molar-refractivity contribution < 1.29 is 9.47 Å². The molecule has 0 atom stereocenters. The Kier molecular flexibility index (Phi) is 7.79. The van der Waals surface area contributed by atoms with Crippen LogP contribution in [-0.2, 0) is 6.42 Å². The molecule has 0 radical (unpaired) electrons. The summed E-state index contributed by atoms with van der Waals surface area (Å²) in [4.78, 5) is 4.64. The van der Waals surface area contributed by atoms with Gasteiger partial charge >= 0.3 is 0 Å². The first-order valence-corrected chi connectivity index (χ1v) is 9.02. The normalized spacial score (nSPS) is 11.3. The number of anilines is 1. The van der Waals surface area contributed by atoms with Crippen LogP contribution in [0.15, 0.2) is 29.4 Å². The minimum atomic E-state index is 0.601. The van der Waals surface area contributed by atoms with Crippen LogP contribution >= 0.6 is 0 Å². The molecule has 2 rings (SSSR count). The minimum absolute atomic E-state index is 0.601. The van der Waals surface area contributed by atoms with E-state index >= 15 is 0 Å². The van der Waals surface area contributed by atoms with Crippen LogP contribution in [0, 0.1) is 6.92 Å². The Morgan fingerprint density at radius 1 is 1.27 bits per heavy atom. The molecule has 3 N–H and O–H groups in total. The van der Waals surface area contributed by atoms with Gasteiger partial charge in [0, 0.05) is 30.5 Å². The number of hydrogen-bond donors (Lipinski definition) is 3. The van der Waals surface area contributed by atoms with E-state index < -0.39 is 0 Å². The molecule has 0 unspecified atom stereocenters. The van der Waals surface area contributed by atoms with E-state index in [2.05, 4.69) is 25.8 Å². The Balaban J connectivity index is 1.97. The van der Waals surface area contributed by atoms with Crippen molar-refractivity contribution >= 4 is 11.6 Å². The average molecular weight is 359 g/mol. The highest BCUT2D eigenvalue weighted by Crippen LogP contribution is 2.30. The Labute approximate surface area is 155 Å². The van der Waals surface area contributed by atoms with E-state index in [4.69, 9.17) is 9.47 Å². The molecule has 0 aliphatic carbocycles. The fraction of sp³-hybridized carbons (Fsp3) is 0.474. The topological polar surface area (TPSA) is 83.6 Å². The predicted molar refractivity (Wildman–Crippen MR) is 105 cm³/mol. The molecule has 0 bridgehead atoms. The Hall–Kier alpha value is -2.70. The average Bonchev–Trinajstić information content (AvgIpc) is 3.05. The van der Waals surface area contributed by atoms with Crippen LogP contribution in [0.5, 0.6) is 11.5 Å². The lowest BCUT2D eigenvalue weighted by Crippen LogP contribution is -2.30. The number of aryl methyl sites for hydroxylation is 2. The Morgan fingerprint density at radius 2 is 2.12 bits per heavy atom. The summed E-state index contributed by atoms with van der Waals surface area (Å²) in [5.74, 6) is 2.18. The van der Waals surface area contributed by atoms with Crippen LogP contribution in [0.25, 0.3) is 0 Å². The molecule has 0 aliphatic rings. The van der Waals surface area contributed by atoms with Gasteiger partial charge in [-0.2, -0.15) is 5.10 Å². The number of nitrogens with zero attached hydrogens (tertiary/aromatic N) is 2. The number of aromatic amines is 1. The van der Waals surface area contributed by atoms with Crippen molar-refractivity contribution in [2.24, 2.45) is 4.99 Å². The fourth-order valence-corrected chi connectivity index (χ4v) is 2.55. The minimum Gasteiger partial charge on any atom is -0.493 e. The van der Waals surface area contributed by atoms with Crippen LogP contribution in [0.4, 0.5) is 5.69 Å². The van der Waals surface area contributed by atoms with Crippen molar-refractivity contribution in [1.82, 2.24) is 15.5 Å². The first kappa shape index (κ1) is 19.6. The third-order valence-corrected chi connectivity index (χ3v) is 3.88. The molecule has 26 heavy (non-hydrogen) atoms. The van der Waals surface area contributed by atoms with Gasteiger partial charge in [0.05, 0.1) is 19.9 Å². The molecular formula is C19H29N5O2. The molecule has 0 saturated carbocycles. The molecule has 0 spiro atoms. The van der Waals surface area contributed by atoms with E-state index in [0.717, 1.165) is 49.0 Å². The highest BCUT2D eigenvalue weighted by atomic mass is 16.5. The zero-order valence-corrected chi connectivity index (χ0v) is 16.1. The largest absolute Gasteiger partial charge is 0.493 e. The maximum absolute atomic E-state index is 5.55. The standard InChI is InChI=1S/C19H29N5O2/c1-5-20-19(21-11-7-8-15-13-22-24-14(15)3)23-16-9-10-17(26-6-2)18(12-16)25-4/h9-10,12-13H,5-8,11H2,1-4H3,(H,22,24)(H2,20,21,23). The molecule has 0 fully saturated rings. The molecule has 7 heteroatoms. The van der Waals surface area contributed by atoms with Gasteiger partial charge in [-0.15, -0.1) is 0 Å². The maximum atomic E-state index is 5.55. The lowest BCUT2D eigenvalue weighted by Gasteiger charge is -2.14. The summed E-state index contributed by atoms with van der Waals surface area (Å²) in [7, 11) is 1.64. The summed E-state index contributed by atoms with van der Waals surface area (Å²) < 4.78 is 11.0. The molecule has 7 nitrogen and oxygen atoms in total. The molecule has 0 amide bonds. The van der Waals surface area contributed by atoms with Crippen molar-refractivity contribution in [1.29, 1.82) is 0 Å². The van der Waals surface area contributed by atoms with E-state index in [0.29, 0.717) is 12.4 Å². The third kappa shape index (κ3) is 5.68. The number of hydrogen-bond acceptors (Lipinski definition) is 4. The summed E-state index contributed by atoms with van der Waals surface area (Å²) >= 11 is 0. The molecular weight excluding hydrogens is 330 g/mol. The number of methoxy groups -OCH3 is 1. The lowest BCUT2D eigenvalue weighted by molar-refractivity contribution is 0.311. The molecule has 0 saturated heterocycles. The first-order valence-electron chi connectivity index (χ1n) is 9.02. The van der Waals surface area contributed by atoms with Gasteiger partial charge in [0.25, 0.3) is 0 Å². The Morgan fingerprint density at radius 3 is 2.77 bits per heavy atom. The van der Waals surface area contributed by atoms with Crippen molar-refractivity contribution in [3.8, 4) is 11.5 Å². The number of benzene rings is 1. The van der Waals surface area contributed by atoms with Crippen molar-refractivity contribution in [2.45, 2.75) is 33.6 Å². The van der Waals surface area contributed by atoms with E-state index in [-0.39, 0.29) is 0 Å². The van der Waals surface area contributed by atoms with E-state index in [1.807, 2.05) is 45.2 Å². The fourth-order valence-electron chi connectivity index (χ4n) is 2.55. The molecule has 1 aromatic carbocycles. The quantitative estimate of drug-likeness (QED) is 0.364. The monoisotopic (exact) mass is 359 g/mol. The summed E-state index contributed by atoms with van der Waals surface area (Å²) in [6, 6.07) is 5.76. The number of guanidine groups is 1. The number of rotatable bonds is 9. The van der Waals surface area contributed by atoms with Crippen molar-refractivity contribution in [2.75, 3.05) is 32.1 Å². The van der Waals surface area contributed by atoms with Gasteiger partial charge in [-0.3, -0.25) is 10.1 Å². The van der Waals surface area contributed by atoms with Crippen LogP contribution in [-0.4, -0.2) is 43.0 Å². The van der Waals surface area contributed by atoms with Crippen LogP contribution in [0.3, 0.4) is 0 Å². The Bertz CT molecular complexity index is 712. The van der Waals surface area contributed by atoms with E-state index in [9.17, 15) is 0 Å². The third-order valence-electron chi connectivity index (χ3n) is 3.88. The lowest BCUT2D eigenvalue weighted by atomic mass is 10.1. The predicted octanol–water partition coefficient (Wildman–Crippen LogP) is 3.14. The van der Waals surface area contributed by atoms with E-state index in [1.54, 1.807) is 7.11 Å². The van der Waals surface area contributed by atoms with Gasteiger partial charge in [0.15, 0.2) is 17.5 Å². The van der Waals surface area contributed by atoms with Gasteiger partial charge in [0.2, 0.25) is 0 Å². The molecule has 142 valence electrons. The highest BCUT2D eigenvalue weighted by Gasteiger charge is 2.07. The van der Waals surface area contributed by atoms with Crippen LogP contribution in [0.1, 0.15) is 31.5 Å². The van der Waals surface area contributed by atoms with Gasteiger partial charge < -0.3 is 20.1 Å². The number of aromatic nitrogens is 2. The summed E-state index contributed by atoms with van der Waals surface area (Å²) in [5, 5.41) is 13.6. The molecule has 1 heterocycles. The number of nitrogens with one attached hydrogen (secondary N) is 3. The smallest absolute Gasteiger partial charge is 0.195 e. The maximum Gasteiger partial charge on any atom is 0.195 e. The second kappa shape index (κ2) is 10.3. The van der Waals surface area contributed by atoms with Crippen LogP contribution < -0.4 is 20.1 Å². The van der Waals surface area contributed by atoms with Gasteiger partial charge in [-0.05, 0) is 51.3 Å². The SMILES string of the molecule is CCNC(=NCCCc1cn[nH]c1C)Nc1ccc(OCC)c(OC)c1. The van der Waals surface area contributed by atoms with Gasteiger partial charge in [0.1, 0.15) is 0 Å². The number of ether oxygens (including phenoxy) is 2. The number of H-pyrrole nitrogens is 1. The zero-order valence-electron chi connectivity index (χ0n) is 16.1. The zero-order chi connectivity index (χ0) is 18.8. The molecule has 1 aromatic heterocycles. The summed E-state index contributed by atoms with van der Waals surface area (Å²) in [5.41, 5.74) is 3.27. The van der Waals surface area contributed by atoms with Gasteiger partial charge in [-0.1, -0.05) is 0 Å². The highest BCUT2D eigenvalue weighted by molar-refractivity contribution is 5.93. The second-order valence-electron chi connectivity index (χ2n) is 5.81. The van der Waals surface area contributed by atoms with Crippen LogP contribution in [0.2, 0.25) is 0 Å².